The van der Waals surface area contributed by atoms with Crippen LogP contribution >= 0.6 is 27.5 Å². The van der Waals surface area contributed by atoms with Crippen LogP contribution in [0.4, 0.5) is 0 Å². The minimum Gasteiger partial charge on any atom is -0.495 e. The van der Waals surface area contributed by atoms with Crippen molar-refractivity contribution in [2.75, 3.05) is 14.2 Å². The number of halogens is 2. The maximum absolute atomic E-state index is 6.17. The summed E-state index contributed by atoms with van der Waals surface area (Å²) in [7, 11) is 3.72. The van der Waals surface area contributed by atoms with Gasteiger partial charge in [0.05, 0.1) is 11.6 Å². The lowest BCUT2D eigenvalue weighted by Crippen LogP contribution is -2.24. The Kier molecular flexibility index (Phi) is 4.93. The van der Waals surface area contributed by atoms with Gasteiger partial charge in [0, 0.05) is 16.6 Å². The second-order valence-electron chi connectivity index (χ2n) is 4.82. The Morgan fingerprint density at radius 1 is 1.39 bits per heavy atom. The first-order chi connectivity index (χ1) is 8.67. The van der Waals surface area contributed by atoms with Crippen molar-refractivity contribution < 1.29 is 4.74 Å². The fraction of sp³-hybridized carbons (Fsp3) is 0.571. The summed E-state index contributed by atoms with van der Waals surface area (Å²) in [6.45, 7) is 0. The Morgan fingerprint density at radius 2 is 2.06 bits per heavy atom. The standard InChI is InChI=1S/C14H19BrClNO/c1-17-13(9-5-3-4-6-9)11-7-10(16)8-12(15)14(11)18-2/h7-9,13,17H,3-6H2,1-2H3. The highest BCUT2D eigenvalue weighted by molar-refractivity contribution is 9.10. The lowest BCUT2D eigenvalue weighted by Gasteiger charge is -2.26. The van der Waals surface area contributed by atoms with E-state index >= 15 is 0 Å². The molecule has 0 spiro atoms. The third-order valence-corrected chi connectivity index (χ3v) is 4.57. The molecule has 0 bridgehead atoms. The maximum atomic E-state index is 6.17. The molecule has 1 aliphatic rings. The van der Waals surface area contributed by atoms with Crippen LogP contribution in [-0.2, 0) is 0 Å². The normalized spacial score (nSPS) is 18.0. The predicted octanol–water partition coefficient (Wildman–Crippen LogP) is 4.56. The monoisotopic (exact) mass is 331 g/mol. The third-order valence-electron chi connectivity index (χ3n) is 3.76. The van der Waals surface area contributed by atoms with Crippen molar-refractivity contribution >= 4 is 27.5 Å². The highest BCUT2D eigenvalue weighted by Crippen LogP contribution is 2.42. The summed E-state index contributed by atoms with van der Waals surface area (Å²) in [5.41, 5.74) is 1.16. The molecule has 0 heterocycles. The summed E-state index contributed by atoms with van der Waals surface area (Å²) in [5.74, 6) is 1.57. The van der Waals surface area contributed by atoms with E-state index in [9.17, 15) is 0 Å². The molecule has 2 rings (SSSR count). The Hall–Kier alpha value is -0.250. The van der Waals surface area contributed by atoms with E-state index in [1.165, 1.54) is 25.7 Å². The molecule has 0 radical (unpaired) electrons. The average Bonchev–Trinajstić information content (AvgIpc) is 2.83. The van der Waals surface area contributed by atoms with E-state index < -0.39 is 0 Å². The summed E-state index contributed by atoms with van der Waals surface area (Å²) in [6.07, 6.45) is 5.21. The van der Waals surface area contributed by atoms with Crippen molar-refractivity contribution in [3.63, 3.8) is 0 Å². The molecule has 1 fully saturated rings. The molecule has 1 atom stereocenters. The molecule has 100 valence electrons. The lowest BCUT2D eigenvalue weighted by molar-refractivity contribution is 0.358. The van der Waals surface area contributed by atoms with Crippen LogP contribution in [0.5, 0.6) is 5.75 Å². The van der Waals surface area contributed by atoms with Gasteiger partial charge in [-0.05, 0) is 53.9 Å². The molecule has 4 heteroatoms. The van der Waals surface area contributed by atoms with Crippen LogP contribution in [0.3, 0.4) is 0 Å². The smallest absolute Gasteiger partial charge is 0.137 e. The van der Waals surface area contributed by atoms with Crippen molar-refractivity contribution in [3.8, 4) is 5.75 Å². The van der Waals surface area contributed by atoms with Crippen LogP contribution in [0, 0.1) is 5.92 Å². The second kappa shape index (κ2) is 6.27. The van der Waals surface area contributed by atoms with Crippen LogP contribution in [0.25, 0.3) is 0 Å². The number of ether oxygens (including phenoxy) is 1. The van der Waals surface area contributed by atoms with Crippen LogP contribution in [0.15, 0.2) is 16.6 Å². The van der Waals surface area contributed by atoms with Crippen molar-refractivity contribution in [1.82, 2.24) is 5.32 Å². The van der Waals surface area contributed by atoms with Gasteiger partial charge in [0.25, 0.3) is 0 Å². The van der Waals surface area contributed by atoms with Gasteiger partial charge in [0.1, 0.15) is 5.75 Å². The highest BCUT2D eigenvalue weighted by Gasteiger charge is 2.28. The molecule has 1 aromatic rings. The number of nitrogens with one attached hydrogen (secondary N) is 1. The SMILES string of the molecule is CNC(c1cc(Cl)cc(Br)c1OC)C1CCCC1. The minimum atomic E-state index is 0.317. The lowest BCUT2D eigenvalue weighted by atomic mass is 9.91. The Labute approximate surface area is 122 Å². The van der Waals surface area contributed by atoms with E-state index in [1.807, 2.05) is 19.2 Å². The van der Waals surface area contributed by atoms with Crippen LogP contribution < -0.4 is 10.1 Å². The van der Waals surface area contributed by atoms with Gasteiger partial charge in [0.15, 0.2) is 0 Å². The van der Waals surface area contributed by atoms with E-state index in [-0.39, 0.29) is 0 Å². The predicted molar refractivity (Wildman–Crippen MR) is 79.5 cm³/mol. The van der Waals surface area contributed by atoms with E-state index in [2.05, 4.69) is 21.2 Å². The van der Waals surface area contributed by atoms with Gasteiger partial charge < -0.3 is 10.1 Å². The first-order valence-electron chi connectivity index (χ1n) is 6.37. The Bertz CT molecular complexity index is 419. The minimum absolute atomic E-state index is 0.317. The molecule has 1 aromatic carbocycles. The zero-order chi connectivity index (χ0) is 13.1. The van der Waals surface area contributed by atoms with Gasteiger partial charge in [0.2, 0.25) is 0 Å². The Morgan fingerprint density at radius 3 is 2.61 bits per heavy atom. The molecule has 0 amide bonds. The zero-order valence-electron chi connectivity index (χ0n) is 10.8. The molecule has 1 unspecified atom stereocenters. The topological polar surface area (TPSA) is 21.3 Å². The van der Waals surface area contributed by atoms with Gasteiger partial charge in [-0.3, -0.25) is 0 Å². The van der Waals surface area contributed by atoms with Gasteiger partial charge in [-0.1, -0.05) is 24.4 Å². The van der Waals surface area contributed by atoms with E-state index in [0.29, 0.717) is 12.0 Å². The second-order valence-corrected chi connectivity index (χ2v) is 6.11. The summed E-state index contributed by atoms with van der Waals surface area (Å²) < 4.78 is 6.45. The molecular weight excluding hydrogens is 314 g/mol. The quantitative estimate of drug-likeness (QED) is 0.872. The maximum Gasteiger partial charge on any atom is 0.137 e. The molecule has 0 aliphatic heterocycles. The molecule has 0 aromatic heterocycles. The van der Waals surface area contributed by atoms with Gasteiger partial charge >= 0.3 is 0 Å². The van der Waals surface area contributed by atoms with Crippen LogP contribution in [-0.4, -0.2) is 14.2 Å². The summed E-state index contributed by atoms with van der Waals surface area (Å²) in [6, 6.07) is 4.22. The number of rotatable bonds is 4. The average molecular weight is 333 g/mol. The number of benzene rings is 1. The first kappa shape index (κ1) is 14.2. The van der Waals surface area contributed by atoms with Crippen molar-refractivity contribution in [3.05, 3.63) is 27.2 Å². The molecule has 18 heavy (non-hydrogen) atoms. The first-order valence-corrected chi connectivity index (χ1v) is 7.54. The van der Waals surface area contributed by atoms with Gasteiger partial charge in [-0.25, -0.2) is 0 Å². The zero-order valence-corrected chi connectivity index (χ0v) is 13.1. The molecule has 1 saturated carbocycles. The Balaban J connectivity index is 2.39. The van der Waals surface area contributed by atoms with E-state index in [4.69, 9.17) is 16.3 Å². The number of hydrogen-bond donors (Lipinski definition) is 1. The fourth-order valence-electron chi connectivity index (χ4n) is 2.96. The summed E-state index contributed by atoms with van der Waals surface area (Å²) in [5, 5.41) is 4.18. The molecule has 2 nitrogen and oxygen atoms in total. The largest absolute Gasteiger partial charge is 0.495 e. The van der Waals surface area contributed by atoms with Crippen LogP contribution in [0.1, 0.15) is 37.3 Å². The molecule has 1 N–H and O–H groups in total. The molecular formula is C14H19BrClNO. The highest BCUT2D eigenvalue weighted by atomic mass is 79.9. The summed E-state index contributed by atoms with van der Waals surface area (Å²) in [4.78, 5) is 0. The molecule has 0 saturated heterocycles. The van der Waals surface area contributed by atoms with Crippen LogP contribution in [0.2, 0.25) is 5.02 Å². The van der Waals surface area contributed by atoms with E-state index in [1.54, 1.807) is 7.11 Å². The fourth-order valence-corrected chi connectivity index (χ4v) is 3.96. The van der Waals surface area contributed by atoms with Crippen molar-refractivity contribution in [2.45, 2.75) is 31.7 Å². The number of methoxy groups -OCH3 is 1. The van der Waals surface area contributed by atoms with Crippen molar-refractivity contribution in [1.29, 1.82) is 0 Å². The molecule has 1 aliphatic carbocycles. The van der Waals surface area contributed by atoms with Crippen molar-refractivity contribution in [2.24, 2.45) is 5.92 Å². The third kappa shape index (κ3) is 2.84. The summed E-state index contributed by atoms with van der Waals surface area (Å²) >= 11 is 9.70. The number of hydrogen-bond acceptors (Lipinski definition) is 2. The van der Waals surface area contributed by atoms with Gasteiger partial charge in [-0.15, -0.1) is 0 Å². The van der Waals surface area contributed by atoms with E-state index in [0.717, 1.165) is 20.8 Å². The van der Waals surface area contributed by atoms with Gasteiger partial charge in [-0.2, -0.15) is 0 Å².